The second kappa shape index (κ2) is 6.46. The molecule has 2 rings (SSSR count). The molecular formula is C15H22ClN3O. The van der Waals surface area contributed by atoms with Gasteiger partial charge in [-0.25, -0.2) is 0 Å². The number of piperidine rings is 1. The summed E-state index contributed by atoms with van der Waals surface area (Å²) in [7, 11) is 3.87. The molecule has 1 aromatic rings. The van der Waals surface area contributed by atoms with Crippen LogP contribution in [0.25, 0.3) is 0 Å². The minimum Gasteiger partial charge on any atom is -0.376 e. The van der Waals surface area contributed by atoms with Crippen molar-refractivity contribution in [2.45, 2.75) is 25.8 Å². The summed E-state index contributed by atoms with van der Waals surface area (Å²) in [5.41, 5.74) is 1.68. The summed E-state index contributed by atoms with van der Waals surface area (Å²) in [6, 6.07) is 5.48. The van der Waals surface area contributed by atoms with Gasteiger partial charge in [-0.15, -0.1) is 0 Å². The molecule has 2 unspecified atom stereocenters. The Morgan fingerprint density at radius 1 is 1.45 bits per heavy atom. The molecule has 1 heterocycles. The molecule has 0 radical (unpaired) electrons. The highest BCUT2D eigenvalue weighted by molar-refractivity contribution is 6.33. The van der Waals surface area contributed by atoms with Gasteiger partial charge in [-0.3, -0.25) is 4.79 Å². The molecule has 1 fully saturated rings. The van der Waals surface area contributed by atoms with Gasteiger partial charge in [0.05, 0.1) is 16.8 Å². The molecule has 2 atom stereocenters. The second-order valence-electron chi connectivity index (χ2n) is 5.69. The molecule has 1 aliphatic heterocycles. The molecule has 0 bridgehead atoms. The maximum atomic E-state index is 12.2. The van der Waals surface area contributed by atoms with Gasteiger partial charge >= 0.3 is 0 Å². The first-order chi connectivity index (χ1) is 9.47. The number of anilines is 2. The fraction of sp³-hybridized carbons (Fsp3) is 0.533. The van der Waals surface area contributed by atoms with Crippen LogP contribution < -0.4 is 15.5 Å². The summed E-state index contributed by atoms with van der Waals surface area (Å²) in [6.07, 6.45) is 2.02. The molecule has 20 heavy (non-hydrogen) atoms. The standard InChI is InChI=1S/C15H22ClN3O/c1-10-6-7-17-13(8-10)15(20)18-11-4-5-14(19(2)3)12(16)9-11/h4-5,9-10,13,17H,6-8H2,1-3H3,(H,18,20). The first kappa shape index (κ1) is 15.1. The molecule has 0 aromatic heterocycles. The highest BCUT2D eigenvalue weighted by atomic mass is 35.5. The first-order valence-electron chi connectivity index (χ1n) is 6.98. The van der Waals surface area contributed by atoms with E-state index in [4.69, 9.17) is 11.6 Å². The van der Waals surface area contributed by atoms with Crippen molar-refractivity contribution < 1.29 is 4.79 Å². The molecule has 1 saturated heterocycles. The highest BCUT2D eigenvalue weighted by Gasteiger charge is 2.24. The van der Waals surface area contributed by atoms with Crippen molar-refractivity contribution in [3.63, 3.8) is 0 Å². The molecule has 1 aliphatic rings. The molecule has 110 valence electrons. The predicted octanol–water partition coefficient (Wildman–Crippen LogP) is 2.73. The molecule has 0 aliphatic carbocycles. The van der Waals surface area contributed by atoms with Gasteiger partial charge < -0.3 is 15.5 Å². The van der Waals surface area contributed by atoms with E-state index >= 15 is 0 Å². The van der Waals surface area contributed by atoms with Crippen LogP contribution in [0.2, 0.25) is 5.02 Å². The number of amides is 1. The van der Waals surface area contributed by atoms with Gasteiger partial charge in [0.15, 0.2) is 0 Å². The van der Waals surface area contributed by atoms with Crippen LogP contribution in [-0.4, -0.2) is 32.6 Å². The number of nitrogens with one attached hydrogen (secondary N) is 2. The van der Waals surface area contributed by atoms with Crippen molar-refractivity contribution in [1.29, 1.82) is 0 Å². The number of hydrogen-bond acceptors (Lipinski definition) is 3. The zero-order valence-electron chi connectivity index (χ0n) is 12.2. The number of hydrogen-bond donors (Lipinski definition) is 2. The largest absolute Gasteiger partial charge is 0.376 e. The number of benzene rings is 1. The quantitative estimate of drug-likeness (QED) is 0.901. The topological polar surface area (TPSA) is 44.4 Å². The van der Waals surface area contributed by atoms with Crippen LogP contribution in [0.4, 0.5) is 11.4 Å². The van der Waals surface area contributed by atoms with Crippen molar-refractivity contribution in [2.24, 2.45) is 5.92 Å². The Balaban J connectivity index is 2.02. The molecule has 1 aromatic carbocycles. The summed E-state index contributed by atoms with van der Waals surface area (Å²) in [5.74, 6) is 0.608. The van der Waals surface area contributed by atoms with Crippen molar-refractivity contribution >= 4 is 28.9 Å². The number of nitrogens with zero attached hydrogens (tertiary/aromatic N) is 1. The lowest BCUT2D eigenvalue weighted by atomic mass is 9.94. The van der Waals surface area contributed by atoms with Crippen LogP contribution in [-0.2, 0) is 4.79 Å². The van der Waals surface area contributed by atoms with Crippen molar-refractivity contribution in [2.75, 3.05) is 30.9 Å². The maximum absolute atomic E-state index is 12.2. The summed E-state index contributed by atoms with van der Waals surface area (Å²) >= 11 is 6.21. The Morgan fingerprint density at radius 3 is 2.80 bits per heavy atom. The minimum absolute atomic E-state index is 0.0187. The van der Waals surface area contributed by atoms with Crippen molar-refractivity contribution in [3.8, 4) is 0 Å². The van der Waals surface area contributed by atoms with E-state index in [9.17, 15) is 4.79 Å². The van der Waals surface area contributed by atoms with Crippen molar-refractivity contribution in [3.05, 3.63) is 23.2 Å². The average Bonchev–Trinajstić information content (AvgIpc) is 2.38. The Morgan fingerprint density at radius 2 is 2.20 bits per heavy atom. The first-order valence-corrected chi connectivity index (χ1v) is 7.36. The van der Waals surface area contributed by atoms with E-state index in [-0.39, 0.29) is 11.9 Å². The summed E-state index contributed by atoms with van der Waals surface area (Å²) in [6.45, 7) is 3.09. The Labute approximate surface area is 125 Å². The average molecular weight is 296 g/mol. The third kappa shape index (κ3) is 3.64. The lowest BCUT2D eigenvalue weighted by molar-refractivity contribution is -0.119. The van der Waals surface area contributed by atoms with Crippen LogP contribution in [0.3, 0.4) is 0 Å². The molecule has 2 N–H and O–H groups in total. The lowest BCUT2D eigenvalue weighted by Gasteiger charge is -2.27. The lowest BCUT2D eigenvalue weighted by Crippen LogP contribution is -2.45. The van der Waals surface area contributed by atoms with Gasteiger partial charge in [-0.05, 0) is 43.5 Å². The summed E-state index contributed by atoms with van der Waals surface area (Å²) < 4.78 is 0. The van der Waals surface area contributed by atoms with E-state index < -0.39 is 0 Å². The van der Waals surface area contributed by atoms with Gasteiger partial charge in [0.1, 0.15) is 0 Å². The molecule has 0 spiro atoms. The van der Waals surface area contributed by atoms with Crippen LogP contribution >= 0.6 is 11.6 Å². The van der Waals surface area contributed by atoms with Gasteiger partial charge in [-0.1, -0.05) is 18.5 Å². The van der Waals surface area contributed by atoms with Gasteiger partial charge in [0.25, 0.3) is 0 Å². The molecular weight excluding hydrogens is 274 g/mol. The van der Waals surface area contributed by atoms with E-state index in [0.717, 1.165) is 30.8 Å². The molecule has 0 saturated carbocycles. The molecule has 4 nitrogen and oxygen atoms in total. The highest BCUT2D eigenvalue weighted by Crippen LogP contribution is 2.27. The summed E-state index contributed by atoms with van der Waals surface area (Å²) in [4.78, 5) is 14.2. The Kier molecular flexibility index (Phi) is 4.89. The van der Waals surface area contributed by atoms with E-state index in [1.165, 1.54) is 0 Å². The Hall–Kier alpha value is -1.26. The minimum atomic E-state index is -0.106. The van der Waals surface area contributed by atoms with Crippen LogP contribution in [0.5, 0.6) is 0 Å². The number of carbonyl (C=O) groups is 1. The van der Waals surface area contributed by atoms with Crippen LogP contribution in [0, 0.1) is 5.92 Å². The van der Waals surface area contributed by atoms with E-state index in [1.54, 1.807) is 6.07 Å². The monoisotopic (exact) mass is 295 g/mol. The van der Waals surface area contributed by atoms with Crippen LogP contribution in [0.1, 0.15) is 19.8 Å². The van der Waals surface area contributed by atoms with E-state index in [1.807, 2.05) is 31.1 Å². The number of rotatable bonds is 3. The predicted molar refractivity (Wildman–Crippen MR) is 84.6 cm³/mol. The van der Waals surface area contributed by atoms with E-state index in [0.29, 0.717) is 10.9 Å². The van der Waals surface area contributed by atoms with Gasteiger partial charge in [-0.2, -0.15) is 0 Å². The van der Waals surface area contributed by atoms with Gasteiger partial charge in [0.2, 0.25) is 5.91 Å². The molecule has 1 amide bonds. The zero-order valence-corrected chi connectivity index (χ0v) is 13.0. The SMILES string of the molecule is CC1CCNC(C(=O)Nc2ccc(N(C)C)c(Cl)c2)C1. The van der Waals surface area contributed by atoms with Crippen molar-refractivity contribution in [1.82, 2.24) is 5.32 Å². The third-order valence-corrected chi connectivity index (χ3v) is 3.98. The Bertz CT molecular complexity index is 490. The fourth-order valence-electron chi connectivity index (χ4n) is 2.48. The zero-order chi connectivity index (χ0) is 14.7. The van der Waals surface area contributed by atoms with Crippen LogP contribution in [0.15, 0.2) is 18.2 Å². The number of carbonyl (C=O) groups excluding carboxylic acids is 1. The molecule has 5 heteroatoms. The summed E-state index contributed by atoms with van der Waals surface area (Å²) in [5, 5.41) is 6.83. The normalized spacial score (nSPS) is 22.4. The van der Waals surface area contributed by atoms with Gasteiger partial charge in [0, 0.05) is 19.8 Å². The maximum Gasteiger partial charge on any atom is 0.241 e. The fourth-order valence-corrected chi connectivity index (χ4v) is 2.83. The number of halogens is 1. The van der Waals surface area contributed by atoms with E-state index in [2.05, 4.69) is 17.6 Å². The third-order valence-electron chi connectivity index (χ3n) is 3.68. The smallest absolute Gasteiger partial charge is 0.241 e. The second-order valence-corrected chi connectivity index (χ2v) is 6.09.